The fraction of sp³-hybridized carbons (Fsp3) is 0.500. The Balaban J connectivity index is 2.96. The van der Waals surface area contributed by atoms with E-state index < -0.39 is 0 Å². The second-order valence-corrected chi connectivity index (χ2v) is 5.10. The van der Waals surface area contributed by atoms with Crippen LogP contribution in [0.1, 0.15) is 18.1 Å². The molecule has 0 amide bonds. The lowest BCUT2D eigenvalue weighted by atomic mass is 10.1. The van der Waals surface area contributed by atoms with E-state index in [1.54, 1.807) is 21.3 Å². The lowest BCUT2D eigenvalue weighted by Gasteiger charge is -2.14. The molecule has 6 heteroatoms. The Bertz CT molecular complexity index is 545. The summed E-state index contributed by atoms with van der Waals surface area (Å²) in [5.74, 6) is 2.21. The average Bonchev–Trinajstić information content (AvgIpc) is 2.59. The summed E-state index contributed by atoms with van der Waals surface area (Å²) in [6.07, 6.45) is 2.56. The zero-order valence-corrected chi connectivity index (χ0v) is 15.1. The number of ether oxygens (including phenoxy) is 3. The van der Waals surface area contributed by atoms with Gasteiger partial charge in [-0.1, -0.05) is 6.08 Å². The smallest absolute Gasteiger partial charge is 0.191 e. The van der Waals surface area contributed by atoms with Crippen molar-refractivity contribution in [2.24, 2.45) is 4.99 Å². The summed E-state index contributed by atoms with van der Waals surface area (Å²) in [7, 11) is 4.96. The molecule has 0 saturated heterocycles. The van der Waals surface area contributed by atoms with E-state index in [2.05, 4.69) is 28.3 Å². The topological polar surface area (TPSA) is 64.1 Å². The van der Waals surface area contributed by atoms with Gasteiger partial charge in [0.05, 0.1) is 27.4 Å². The highest BCUT2D eigenvalue weighted by Gasteiger charge is 2.11. The van der Waals surface area contributed by atoms with Gasteiger partial charge in [0.1, 0.15) is 0 Å². The van der Waals surface area contributed by atoms with Crippen LogP contribution >= 0.6 is 0 Å². The quantitative estimate of drug-likeness (QED) is 0.297. The van der Waals surface area contributed by atoms with Gasteiger partial charge in [-0.15, -0.1) is 6.58 Å². The second-order valence-electron chi connectivity index (χ2n) is 5.10. The number of allylic oxidation sites excluding steroid dienone is 1. The maximum Gasteiger partial charge on any atom is 0.191 e. The summed E-state index contributed by atoms with van der Waals surface area (Å²) < 4.78 is 15.9. The highest BCUT2D eigenvalue weighted by atomic mass is 16.5. The molecule has 0 heterocycles. The van der Waals surface area contributed by atoms with Crippen LogP contribution in [0, 0.1) is 0 Å². The number of hydrogen-bond acceptors (Lipinski definition) is 4. The Morgan fingerprint density at radius 2 is 2.00 bits per heavy atom. The minimum absolute atomic E-state index is 0.535. The highest BCUT2D eigenvalue weighted by Crippen LogP contribution is 2.33. The molecule has 0 atom stereocenters. The maximum absolute atomic E-state index is 5.46. The van der Waals surface area contributed by atoms with Gasteiger partial charge in [-0.05, 0) is 31.0 Å². The molecule has 1 rings (SSSR count). The Kier molecular flexibility index (Phi) is 9.38. The van der Waals surface area contributed by atoms with Crippen molar-refractivity contribution in [3.8, 4) is 11.5 Å². The van der Waals surface area contributed by atoms with E-state index in [-0.39, 0.29) is 0 Å². The zero-order valence-electron chi connectivity index (χ0n) is 15.1. The summed E-state index contributed by atoms with van der Waals surface area (Å²) in [6.45, 7) is 8.50. The molecule has 0 unspecified atom stereocenters. The number of guanidine groups is 1. The van der Waals surface area contributed by atoms with Crippen molar-refractivity contribution in [3.63, 3.8) is 0 Å². The number of aliphatic imine (C=N–C) groups is 1. The predicted molar refractivity (Wildman–Crippen MR) is 98.1 cm³/mol. The first-order valence-corrected chi connectivity index (χ1v) is 8.05. The number of nitrogens with one attached hydrogen (secondary N) is 2. The summed E-state index contributed by atoms with van der Waals surface area (Å²) in [5, 5.41) is 6.44. The summed E-state index contributed by atoms with van der Waals surface area (Å²) in [5.41, 5.74) is 2.09. The molecule has 0 aliphatic carbocycles. The van der Waals surface area contributed by atoms with E-state index in [1.807, 2.05) is 19.1 Å². The van der Waals surface area contributed by atoms with Crippen LogP contribution in [0.4, 0.5) is 0 Å². The van der Waals surface area contributed by atoms with Crippen LogP contribution in [0.15, 0.2) is 29.8 Å². The fourth-order valence-electron chi connectivity index (χ4n) is 2.29. The summed E-state index contributed by atoms with van der Waals surface area (Å²) >= 11 is 0. The Morgan fingerprint density at radius 3 is 2.58 bits per heavy atom. The lowest BCUT2D eigenvalue weighted by molar-refractivity contribution is 0.203. The van der Waals surface area contributed by atoms with Crippen molar-refractivity contribution in [2.45, 2.75) is 19.9 Å². The summed E-state index contributed by atoms with van der Waals surface area (Å²) in [6, 6.07) is 4.03. The SMILES string of the molecule is C=CCc1cc(CN=C(NCC)NCCOC)cc(OC)c1OC. The van der Waals surface area contributed by atoms with E-state index in [9.17, 15) is 0 Å². The first-order chi connectivity index (χ1) is 11.7. The third-order valence-corrected chi connectivity index (χ3v) is 3.34. The molecule has 0 saturated carbocycles. The molecule has 0 aliphatic rings. The van der Waals surface area contributed by atoms with E-state index in [0.717, 1.165) is 29.4 Å². The van der Waals surface area contributed by atoms with Crippen molar-refractivity contribution in [3.05, 3.63) is 35.9 Å². The zero-order chi connectivity index (χ0) is 17.8. The van der Waals surface area contributed by atoms with Gasteiger partial charge >= 0.3 is 0 Å². The third kappa shape index (κ3) is 6.12. The second kappa shape index (κ2) is 11.3. The lowest BCUT2D eigenvalue weighted by Crippen LogP contribution is -2.38. The van der Waals surface area contributed by atoms with Crippen LogP contribution in [0.25, 0.3) is 0 Å². The standard InChI is InChI=1S/C18H29N3O3/c1-6-8-15-11-14(12-16(23-4)17(15)24-5)13-21-18(19-7-2)20-9-10-22-3/h6,11-12H,1,7-10,13H2,2-5H3,(H2,19,20,21). The van der Waals surface area contributed by atoms with E-state index in [0.29, 0.717) is 31.9 Å². The molecule has 1 aromatic rings. The third-order valence-electron chi connectivity index (χ3n) is 3.34. The molecule has 0 bridgehead atoms. The molecule has 6 nitrogen and oxygen atoms in total. The molecular formula is C18H29N3O3. The van der Waals surface area contributed by atoms with Crippen molar-refractivity contribution < 1.29 is 14.2 Å². The van der Waals surface area contributed by atoms with Crippen LogP contribution in [0.3, 0.4) is 0 Å². The van der Waals surface area contributed by atoms with E-state index in [4.69, 9.17) is 14.2 Å². The first kappa shape index (κ1) is 19.8. The number of benzene rings is 1. The molecule has 24 heavy (non-hydrogen) atoms. The van der Waals surface area contributed by atoms with Crippen LogP contribution in [-0.4, -0.2) is 47.0 Å². The molecule has 0 radical (unpaired) electrons. The van der Waals surface area contributed by atoms with Gasteiger partial charge in [-0.3, -0.25) is 0 Å². The molecular weight excluding hydrogens is 306 g/mol. The predicted octanol–water partition coefficient (Wildman–Crippen LogP) is 2.13. The molecule has 0 spiro atoms. The minimum Gasteiger partial charge on any atom is -0.493 e. The van der Waals surface area contributed by atoms with Crippen LogP contribution in [0.5, 0.6) is 11.5 Å². The molecule has 0 fully saturated rings. The fourth-order valence-corrected chi connectivity index (χ4v) is 2.29. The van der Waals surface area contributed by atoms with Crippen molar-refractivity contribution in [2.75, 3.05) is 41.0 Å². The van der Waals surface area contributed by atoms with Crippen LogP contribution in [-0.2, 0) is 17.7 Å². The van der Waals surface area contributed by atoms with E-state index >= 15 is 0 Å². The van der Waals surface area contributed by atoms with Gasteiger partial charge in [0.25, 0.3) is 0 Å². The van der Waals surface area contributed by atoms with Crippen LogP contribution in [0.2, 0.25) is 0 Å². The molecule has 2 N–H and O–H groups in total. The number of nitrogens with zero attached hydrogens (tertiary/aromatic N) is 1. The number of hydrogen-bond donors (Lipinski definition) is 2. The average molecular weight is 335 g/mol. The summed E-state index contributed by atoms with van der Waals surface area (Å²) in [4.78, 5) is 4.60. The van der Waals surface area contributed by atoms with Gasteiger partial charge in [0.15, 0.2) is 17.5 Å². The van der Waals surface area contributed by atoms with Crippen molar-refractivity contribution >= 4 is 5.96 Å². The van der Waals surface area contributed by atoms with Gasteiger partial charge in [0.2, 0.25) is 0 Å². The van der Waals surface area contributed by atoms with Gasteiger partial charge in [0, 0.05) is 25.8 Å². The molecule has 0 aromatic heterocycles. The van der Waals surface area contributed by atoms with Crippen LogP contribution < -0.4 is 20.1 Å². The highest BCUT2D eigenvalue weighted by molar-refractivity contribution is 5.79. The largest absolute Gasteiger partial charge is 0.493 e. The Morgan fingerprint density at radius 1 is 1.21 bits per heavy atom. The van der Waals surface area contributed by atoms with Crippen molar-refractivity contribution in [1.29, 1.82) is 0 Å². The first-order valence-electron chi connectivity index (χ1n) is 8.05. The maximum atomic E-state index is 5.46. The minimum atomic E-state index is 0.535. The van der Waals surface area contributed by atoms with Gasteiger partial charge in [-0.2, -0.15) is 0 Å². The Labute approximate surface area is 144 Å². The number of methoxy groups -OCH3 is 3. The monoisotopic (exact) mass is 335 g/mol. The van der Waals surface area contributed by atoms with Gasteiger partial charge in [-0.25, -0.2) is 4.99 Å². The molecule has 0 aliphatic heterocycles. The normalized spacial score (nSPS) is 11.1. The Hall–Kier alpha value is -2.21. The van der Waals surface area contributed by atoms with Crippen molar-refractivity contribution in [1.82, 2.24) is 10.6 Å². The molecule has 1 aromatic carbocycles. The van der Waals surface area contributed by atoms with Gasteiger partial charge < -0.3 is 24.8 Å². The molecule has 134 valence electrons. The van der Waals surface area contributed by atoms with E-state index in [1.165, 1.54) is 0 Å². The number of rotatable bonds is 10.